The molecule has 19 heavy (non-hydrogen) atoms. The molecule has 0 saturated heterocycles. The maximum absolute atomic E-state index is 11.8. The molecule has 0 unspecified atom stereocenters. The van der Waals surface area contributed by atoms with Crippen molar-refractivity contribution in [2.45, 2.75) is 33.4 Å². The number of hydrogen-bond donors (Lipinski definition) is 1. The van der Waals surface area contributed by atoms with Gasteiger partial charge < -0.3 is 4.90 Å². The smallest absolute Gasteiger partial charge is 0.222 e. The fourth-order valence-corrected chi connectivity index (χ4v) is 2.60. The Balaban J connectivity index is 1.97. The molecule has 1 aliphatic heterocycles. The van der Waals surface area contributed by atoms with E-state index in [4.69, 9.17) is 0 Å². The van der Waals surface area contributed by atoms with E-state index in [1.165, 1.54) is 5.56 Å². The number of fused-ring (bicyclic) bond motifs is 1. The molecule has 0 spiro atoms. The second-order valence-electron chi connectivity index (χ2n) is 4.95. The van der Waals surface area contributed by atoms with Gasteiger partial charge in [0.2, 0.25) is 5.91 Å². The minimum absolute atomic E-state index is 0.195. The van der Waals surface area contributed by atoms with Gasteiger partial charge in [0.15, 0.2) is 0 Å². The van der Waals surface area contributed by atoms with Gasteiger partial charge in [0.1, 0.15) is 0 Å². The van der Waals surface area contributed by atoms with Crippen molar-refractivity contribution in [1.82, 2.24) is 15.1 Å². The highest BCUT2D eigenvalue weighted by atomic mass is 16.2. The number of nitrogens with one attached hydrogen (secondary N) is 1. The fourth-order valence-electron chi connectivity index (χ4n) is 2.60. The summed E-state index contributed by atoms with van der Waals surface area (Å²) >= 11 is 0. The first-order valence-electron chi connectivity index (χ1n) is 6.60. The molecule has 1 amide bonds. The Labute approximate surface area is 112 Å². The van der Waals surface area contributed by atoms with Gasteiger partial charge in [-0.05, 0) is 12.5 Å². The molecule has 0 radical (unpaired) electrons. The summed E-state index contributed by atoms with van der Waals surface area (Å²) in [6, 6.07) is 8.21. The van der Waals surface area contributed by atoms with Gasteiger partial charge >= 0.3 is 0 Å². The number of nitrogens with zero attached hydrogens (tertiary/aromatic N) is 2. The minimum atomic E-state index is 0.195. The van der Waals surface area contributed by atoms with Gasteiger partial charge in [-0.1, -0.05) is 31.2 Å². The number of carbonyl (C=O) groups excluding carboxylic acids is 1. The third-order valence-corrected chi connectivity index (χ3v) is 3.71. The number of aromatic nitrogens is 2. The lowest BCUT2D eigenvalue weighted by Gasteiger charge is -2.14. The lowest BCUT2D eigenvalue weighted by Crippen LogP contribution is -2.24. The average Bonchev–Trinajstić information content (AvgIpc) is 2.98. The van der Waals surface area contributed by atoms with E-state index < -0.39 is 0 Å². The highest BCUT2D eigenvalue weighted by Gasteiger charge is 2.27. The van der Waals surface area contributed by atoms with Crippen LogP contribution in [0.3, 0.4) is 0 Å². The summed E-state index contributed by atoms with van der Waals surface area (Å²) in [5, 5.41) is 7.50. The van der Waals surface area contributed by atoms with Crippen molar-refractivity contribution in [3.8, 4) is 11.3 Å². The minimum Gasteiger partial charge on any atom is -0.332 e. The number of aryl methyl sites for hydroxylation is 1. The van der Waals surface area contributed by atoms with Crippen molar-refractivity contribution >= 4 is 5.91 Å². The molecule has 2 aromatic rings. The molecule has 1 aromatic carbocycles. The third kappa shape index (κ3) is 1.93. The summed E-state index contributed by atoms with van der Waals surface area (Å²) in [5.74, 6) is 0.195. The van der Waals surface area contributed by atoms with Gasteiger partial charge in [-0.2, -0.15) is 5.10 Å². The molecule has 4 heteroatoms. The second kappa shape index (κ2) is 4.53. The molecule has 1 aliphatic rings. The van der Waals surface area contributed by atoms with Gasteiger partial charge in [-0.25, -0.2) is 0 Å². The maximum atomic E-state index is 11.8. The Morgan fingerprint density at radius 1 is 1.37 bits per heavy atom. The zero-order valence-electron chi connectivity index (χ0n) is 11.2. The molecule has 3 rings (SSSR count). The topological polar surface area (TPSA) is 49.0 Å². The first-order valence-corrected chi connectivity index (χ1v) is 6.60. The van der Waals surface area contributed by atoms with Gasteiger partial charge in [-0.3, -0.25) is 9.89 Å². The van der Waals surface area contributed by atoms with Gasteiger partial charge in [-0.15, -0.1) is 0 Å². The molecule has 2 heterocycles. The van der Waals surface area contributed by atoms with Crippen LogP contribution in [0.2, 0.25) is 0 Å². The Kier molecular flexibility index (Phi) is 2.85. The van der Waals surface area contributed by atoms with Crippen LogP contribution in [0.15, 0.2) is 24.3 Å². The van der Waals surface area contributed by atoms with Gasteiger partial charge in [0.05, 0.1) is 24.5 Å². The summed E-state index contributed by atoms with van der Waals surface area (Å²) in [4.78, 5) is 13.7. The molecule has 0 saturated carbocycles. The van der Waals surface area contributed by atoms with Crippen LogP contribution >= 0.6 is 0 Å². The van der Waals surface area contributed by atoms with E-state index in [1.807, 2.05) is 24.0 Å². The molecule has 0 fully saturated rings. The summed E-state index contributed by atoms with van der Waals surface area (Å²) in [7, 11) is 0. The standard InChI is InChI=1S/C15H17N3O/c1-3-14(19)18-8-12-13(9-18)16-17-15(12)11-7-5-4-6-10(11)2/h4-7H,3,8-9H2,1-2H3,(H,16,17). The number of hydrogen-bond acceptors (Lipinski definition) is 2. The Hall–Kier alpha value is -2.10. The number of benzene rings is 1. The Bertz CT molecular complexity index is 630. The summed E-state index contributed by atoms with van der Waals surface area (Å²) in [6.07, 6.45) is 0.553. The van der Waals surface area contributed by atoms with Crippen molar-refractivity contribution < 1.29 is 4.79 Å². The number of aromatic amines is 1. The van der Waals surface area contributed by atoms with Crippen LogP contribution in [-0.2, 0) is 17.9 Å². The molecule has 1 N–H and O–H groups in total. The largest absolute Gasteiger partial charge is 0.332 e. The predicted molar refractivity (Wildman–Crippen MR) is 73.3 cm³/mol. The number of amides is 1. The van der Waals surface area contributed by atoms with Crippen molar-refractivity contribution in [2.75, 3.05) is 0 Å². The average molecular weight is 255 g/mol. The molecule has 0 bridgehead atoms. The van der Waals surface area contributed by atoms with Gasteiger partial charge in [0, 0.05) is 17.5 Å². The van der Waals surface area contributed by atoms with Crippen LogP contribution in [0.4, 0.5) is 0 Å². The summed E-state index contributed by atoms with van der Waals surface area (Å²) in [6.45, 7) is 5.30. The molecule has 0 atom stereocenters. The molecular formula is C15H17N3O. The highest BCUT2D eigenvalue weighted by molar-refractivity contribution is 5.78. The number of rotatable bonds is 2. The van der Waals surface area contributed by atoms with Crippen LogP contribution in [0.1, 0.15) is 30.2 Å². The first kappa shape index (κ1) is 12.0. The molecule has 0 aliphatic carbocycles. The van der Waals surface area contributed by atoms with Crippen LogP contribution in [0.25, 0.3) is 11.3 Å². The molecule has 4 nitrogen and oxygen atoms in total. The zero-order valence-corrected chi connectivity index (χ0v) is 11.2. The van der Waals surface area contributed by atoms with Crippen LogP contribution in [0.5, 0.6) is 0 Å². The first-order chi connectivity index (χ1) is 9.20. The van der Waals surface area contributed by atoms with Crippen molar-refractivity contribution in [1.29, 1.82) is 0 Å². The summed E-state index contributed by atoms with van der Waals surface area (Å²) < 4.78 is 0. The van der Waals surface area contributed by atoms with Gasteiger partial charge in [0.25, 0.3) is 0 Å². The fraction of sp³-hybridized carbons (Fsp3) is 0.333. The van der Waals surface area contributed by atoms with Crippen LogP contribution < -0.4 is 0 Å². The van der Waals surface area contributed by atoms with E-state index in [2.05, 4.69) is 29.3 Å². The normalized spacial score (nSPS) is 13.7. The number of H-pyrrole nitrogens is 1. The monoisotopic (exact) mass is 255 g/mol. The van der Waals surface area contributed by atoms with E-state index in [0.717, 1.165) is 22.5 Å². The lowest BCUT2D eigenvalue weighted by molar-refractivity contribution is -0.131. The molecular weight excluding hydrogens is 238 g/mol. The van der Waals surface area contributed by atoms with Crippen molar-refractivity contribution in [3.05, 3.63) is 41.1 Å². The van der Waals surface area contributed by atoms with E-state index in [9.17, 15) is 4.79 Å². The quantitative estimate of drug-likeness (QED) is 0.896. The molecule has 1 aromatic heterocycles. The highest BCUT2D eigenvalue weighted by Crippen LogP contribution is 2.32. The summed E-state index contributed by atoms with van der Waals surface area (Å²) in [5.41, 5.74) is 5.57. The Morgan fingerprint density at radius 3 is 2.89 bits per heavy atom. The van der Waals surface area contributed by atoms with E-state index >= 15 is 0 Å². The second-order valence-corrected chi connectivity index (χ2v) is 4.95. The van der Waals surface area contributed by atoms with E-state index in [1.54, 1.807) is 0 Å². The maximum Gasteiger partial charge on any atom is 0.222 e. The van der Waals surface area contributed by atoms with E-state index in [-0.39, 0.29) is 5.91 Å². The number of carbonyl (C=O) groups is 1. The lowest BCUT2D eigenvalue weighted by atomic mass is 10.0. The zero-order chi connectivity index (χ0) is 13.4. The van der Waals surface area contributed by atoms with Crippen molar-refractivity contribution in [2.24, 2.45) is 0 Å². The third-order valence-electron chi connectivity index (χ3n) is 3.71. The predicted octanol–water partition coefficient (Wildman–Crippen LogP) is 2.64. The molecule has 98 valence electrons. The Morgan fingerprint density at radius 2 is 2.16 bits per heavy atom. The van der Waals surface area contributed by atoms with Crippen LogP contribution in [-0.4, -0.2) is 21.0 Å². The SMILES string of the molecule is CCC(=O)N1Cc2[nH]nc(-c3ccccc3C)c2C1. The van der Waals surface area contributed by atoms with E-state index in [0.29, 0.717) is 19.5 Å². The van der Waals surface area contributed by atoms with Crippen LogP contribution in [0, 0.1) is 6.92 Å². The van der Waals surface area contributed by atoms with Crippen molar-refractivity contribution in [3.63, 3.8) is 0 Å².